The summed E-state index contributed by atoms with van der Waals surface area (Å²) in [6.45, 7) is 0. The van der Waals surface area contributed by atoms with E-state index in [0.29, 0.717) is 28.5 Å². The largest absolute Gasteiger partial charge is 0.495 e. The topological polar surface area (TPSA) is 65.2 Å². The van der Waals surface area contributed by atoms with E-state index in [1.165, 1.54) is 13.3 Å². The van der Waals surface area contributed by atoms with Crippen molar-refractivity contribution in [3.05, 3.63) is 35.5 Å². The third-order valence-corrected chi connectivity index (χ3v) is 4.25. The smallest absolute Gasteiger partial charge is 0.249 e. The van der Waals surface area contributed by atoms with Crippen LogP contribution in [0.4, 0.5) is 8.78 Å². The van der Waals surface area contributed by atoms with Gasteiger partial charge in [-0.1, -0.05) is 0 Å². The van der Waals surface area contributed by atoms with Crippen LogP contribution in [0.1, 0.15) is 24.5 Å². The molecule has 124 valence electrons. The van der Waals surface area contributed by atoms with Gasteiger partial charge in [0.2, 0.25) is 11.2 Å². The number of ether oxygens (including phenoxy) is 1. The second-order valence-corrected chi connectivity index (χ2v) is 6.02. The van der Waals surface area contributed by atoms with Crippen molar-refractivity contribution in [1.29, 1.82) is 0 Å². The molecule has 1 saturated carbocycles. The number of rotatable bonds is 3. The van der Waals surface area contributed by atoms with Gasteiger partial charge in [0.15, 0.2) is 5.65 Å². The molecule has 1 aliphatic carbocycles. The van der Waals surface area contributed by atoms with Gasteiger partial charge in [0.25, 0.3) is 0 Å². The lowest BCUT2D eigenvalue weighted by atomic mass is 9.79. The first-order valence-electron chi connectivity index (χ1n) is 7.26. The Morgan fingerprint density at radius 1 is 1.33 bits per heavy atom. The van der Waals surface area contributed by atoms with E-state index in [-0.39, 0.29) is 24.0 Å². The fourth-order valence-electron chi connectivity index (χ4n) is 2.86. The Kier molecular flexibility index (Phi) is 3.38. The van der Waals surface area contributed by atoms with E-state index < -0.39 is 5.92 Å². The minimum absolute atomic E-state index is 0.106. The molecule has 3 aromatic heterocycles. The molecule has 0 amide bonds. The fourth-order valence-corrected chi connectivity index (χ4v) is 3.01. The number of alkyl halides is 2. The predicted molar refractivity (Wildman–Crippen MR) is 82.5 cm³/mol. The Morgan fingerprint density at radius 3 is 2.79 bits per heavy atom. The summed E-state index contributed by atoms with van der Waals surface area (Å²) < 4.78 is 33.3. The summed E-state index contributed by atoms with van der Waals surface area (Å²) in [5.41, 5.74) is 2.18. The average Bonchev–Trinajstić information content (AvgIpc) is 2.94. The van der Waals surface area contributed by atoms with Crippen LogP contribution in [0.2, 0.25) is 5.28 Å². The third-order valence-electron chi connectivity index (χ3n) is 4.07. The molecule has 9 heteroatoms. The molecule has 0 spiro atoms. The molecule has 4 rings (SSSR count). The molecule has 0 aromatic carbocycles. The molecule has 6 nitrogen and oxygen atoms in total. The van der Waals surface area contributed by atoms with Crippen molar-refractivity contribution in [2.75, 3.05) is 7.11 Å². The lowest BCUT2D eigenvalue weighted by Crippen LogP contribution is -2.34. The molecule has 1 fully saturated rings. The molecular weight excluding hydrogens is 340 g/mol. The highest BCUT2D eigenvalue weighted by Gasteiger charge is 2.47. The third kappa shape index (κ3) is 2.47. The summed E-state index contributed by atoms with van der Waals surface area (Å²) in [7, 11) is 1.49. The van der Waals surface area contributed by atoms with E-state index in [1.54, 1.807) is 22.8 Å². The Morgan fingerprint density at radius 2 is 2.12 bits per heavy atom. The maximum atomic E-state index is 13.2. The standard InChI is InChI=1S/C15H12ClF2N5O/c1-24-11-4-12-20-7-10(9-2-3-19-14(16)21-9)23(12)22-13(11)8-5-15(17,18)6-8/h2-4,7-8H,5-6H2,1H3. The SMILES string of the molecule is COc1cc2ncc(-c3ccnc(Cl)n3)n2nc1C1CC(F)(F)C1. The van der Waals surface area contributed by atoms with E-state index in [1.807, 2.05) is 0 Å². The lowest BCUT2D eigenvalue weighted by molar-refractivity contribution is -0.0881. The minimum atomic E-state index is -2.63. The van der Waals surface area contributed by atoms with Gasteiger partial charge in [-0.15, -0.1) is 0 Å². The van der Waals surface area contributed by atoms with Crippen LogP contribution in [0.5, 0.6) is 5.75 Å². The van der Waals surface area contributed by atoms with Gasteiger partial charge in [0, 0.05) is 31.0 Å². The van der Waals surface area contributed by atoms with Gasteiger partial charge in [0.1, 0.15) is 17.1 Å². The maximum absolute atomic E-state index is 13.2. The van der Waals surface area contributed by atoms with Crippen LogP contribution in [-0.4, -0.2) is 37.6 Å². The highest BCUT2D eigenvalue weighted by Crippen LogP contribution is 2.49. The molecule has 1 aliphatic rings. The first kappa shape index (κ1) is 15.2. The first-order valence-corrected chi connectivity index (χ1v) is 7.64. The molecule has 0 aliphatic heterocycles. The second-order valence-electron chi connectivity index (χ2n) is 5.68. The van der Waals surface area contributed by atoms with E-state index in [9.17, 15) is 8.78 Å². The van der Waals surface area contributed by atoms with Gasteiger partial charge in [-0.2, -0.15) is 5.10 Å². The molecule has 0 unspecified atom stereocenters. The second kappa shape index (κ2) is 5.34. The molecule has 0 bridgehead atoms. The van der Waals surface area contributed by atoms with Crippen molar-refractivity contribution in [3.63, 3.8) is 0 Å². The number of aromatic nitrogens is 5. The molecule has 0 radical (unpaired) electrons. The van der Waals surface area contributed by atoms with Crippen molar-refractivity contribution in [3.8, 4) is 17.1 Å². The average molecular weight is 352 g/mol. The van der Waals surface area contributed by atoms with Gasteiger partial charge in [-0.05, 0) is 17.7 Å². The number of halogens is 3. The number of hydrogen-bond acceptors (Lipinski definition) is 5. The van der Waals surface area contributed by atoms with Gasteiger partial charge in [-0.3, -0.25) is 0 Å². The highest BCUT2D eigenvalue weighted by molar-refractivity contribution is 6.28. The quantitative estimate of drug-likeness (QED) is 0.677. The van der Waals surface area contributed by atoms with Crippen molar-refractivity contribution in [2.24, 2.45) is 0 Å². The number of nitrogens with zero attached hydrogens (tertiary/aromatic N) is 5. The summed E-state index contributed by atoms with van der Waals surface area (Å²) in [5.74, 6) is -2.52. The zero-order valence-electron chi connectivity index (χ0n) is 12.6. The lowest BCUT2D eigenvalue weighted by Gasteiger charge is -2.34. The first-order chi connectivity index (χ1) is 11.5. The normalized spacial score (nSPS) is 17.0. The predicted octanol–water partition coefficient (Wildman–Crippen LogP) is 3.36. The zero-order chi connectivity index (χ0) is 16.9. The molecule has 3 heterocycles. The van der Waals surface area contributed by atoms with Gasteiger partial charge in [-0.25, -0.2) is 28.2 Å². The molecule has 0 atom stereocenters. The molecular formula is C15H12ClF2N5O. The van der Waals surface area contributed by atoms with Crippen LogP contribution in [-0.2, 0) is 0 Å². The van der Waals surface area contributed by atoms with Gasteiger partial charge < -0.3 is 4.74 Å². The van der Waals surface area contributed by atoms with Crippen LogP contribution in [0, 0.1) is 0 Å². The van der Waals surface area contributed by atoms with Crippen molar-refractivity contribution >= 4 is 17.2 Å². The van der Waals surface area contributed by atoms with Crippen LogP contribution in [0.3, 0.4) is 0 Å². The summed E-state index contributed by atoms with van der Waals surface area (Å²) in [6.07, 6.45) is 2.66. The number of hydrogen-bond donors (Lipinski definition) is 0. The number of imidazole rings is 1. The van der Waals surface area contributed by atoms with Crippen molar-refractivity contribution < 1.29 is 13.5 Å². The van der Waals surface area contributed by atoms with E-state index in [0.717, 1.165) is 0 Å². The Balaban J connectivity index is 1.84. The Labute approximate surface area is 140 Å². The summed E-state index contributed by atoms with van der Waals surface area (Å²) in [4.78, 5) is 12.3. The maximum Gasteiger partial charge on any atom is 0.249 e. The molecule has 24 heavy (non-hydrogen) atoms. The highest BCUT2D eigenvalue weighted by atomic mass is 35.5. The molecule has 0 N–H and O–H groups in total. The van der Waals surface area contributed by atoms with E-state index in [4.69, 9.17) is 16.3 Å². The summed E-state index contributed by atoms with van der Waals surface area (Å²) >= 11 is 5.83. The summed E-state index contributed by atoms with van der Waals surface area (Å²) in [6, 6.07) is 3.36. The molecule has 0 saturated heterocycles. The zero-order valence-corrected chi connectivity index (χ0v) is 13.3. The number of fused-ring (bicyclic) bond motifs is 1. The Bertz CT molecular complexity index is 921. The van der Waals surface area contributed by atoms with Crippen LogP contribution in [0.15, 0.2) is 24.5 Å². The van der Waals surface area contributed by atoms with Crippen molar-refractivity contribution in [1.82, 2.24) is 24.6 Å². The minimum Gasteiger partial charge on any atom is -0.495 e. The van der Waals surface area contributed by atoms with Crippen LogP contribution >= 0.6 is 11.6 Å². The number of methoxy groups -OCH3 is 1. The van der Waals surface area contributed by atoms with Crippen LogP contribution < -0.4 is 4.74 Å². The van der Waals surface area contributed by atoms with E-state index >= 15 is 0 Å². The molecule has 3 aromatic rings. The van der Waals surface area contributed by atoms with E-state index in [2.05, 4.69) is 20.1 Å². The van der Waals surface area contributed by atoms with Gasteiger partial charge in [0.05, 0.1) is 19.0 Å². The summed E-state index contributed by atoms with van der Waals surface area (Å²) in [5, 5.41) is 4.60. The van der Waals surface area contributed by atoms with Crippen LogP contribution in [0.25, 0.3) is 17.0 Å². The monoisotopic (exact) mass is 351 g/mol. The van der Waals surface area contributed by atoms with Gasteiger partial charge >= 0.3 is 0 Å². The Hall–Kier alpha value is -2.35. The van der Waals surface area contributed by atoms with Crippen molar-refractivity contribution in [2.45, 2.75) is 24.7 Å². The fraction of sp³-hybridized carbons (Fsp3) is 0.333.